The molecule has 17 heavy (non-hydrogen) atoms. The summed E-state index contributed by atoms with van der Waals surface area (Å²) in [6, 6.07) is 6.91. The summed E-state index contributed by atoms with van der Waals surface area (Å²) in [7, 11) is 0. The molecular formula is C12H14N2O2S. The van der Waals surface area contributed by atoms with Crippen LogP contribution in [0.5, 0.6) is 0 Å². The van der Waals surface area contributed by atoms with E-state index < -0.39 is 11.5 Å². The molecule has 1 heterocycles. The first kappa shape index (κ1) is 12.0. The van der Waals surface area contributed by atoms with E-state index in [0.29, 0.717) is 5.17 Å². The van der Waals surface area contributed by atoms with E-state index in [0.717, 1.165) is 17.7 Å². The first-order chi connectivity index (χ1) is 8.01. The highest BCUT2D eigenvalue weighted by atomic mass is 32.2. The van der Waals surface area contributed by atoms with Crippen molar-refractivity contribution in [1.29, 1.82) is 0 Å². The molecule has 1 aromatic carbocycles. The van der Waals surface area contributed by atoms with Crippen molar-refractivity contribution in [3.8, 4) is 0 Å². The number of aromatic carboxylic acids is 1. The highest BCUT2D eigenvalue weighted by Gasteiger charge is 2.29. The summed E-state index contributed by atoms with van der Waals surface area (Å²) in [6.45, 7) is 1.99. The number of thioether (sulfide) groups is 1. The van der Waals surface area contributed by atoms with Gasteiger partial charge in [0.2, 0.25) is 0 Å². The molecule has 0 fully saturated rings. The van der Waals surface area contributed by atoms with E-state index in [2.05, 4.69) is 4.99 Å². The Morgan fingerprint density at radius 2 is 2.35 bits per heavy atom. The summed E-state index contributed by atoms with van der Waals surface area (Å²) in [6.07, 6.45) is 0.863. The molecule has 4 nitrogen and oxygen atoms in total. The summed E-state index contributed by atoms with van der Waals surface area (Å²) >= 11 is 1.54. The van der Waals surface area contributed by atoms with Crippen LogP contribution >= 0.6 is 11.8 Å². The number of hydrogen-bond acceptors (Lipinski definition) is 4. The molecule has 0 saturated carbocycles. The Morgan fingerprint density at radius 3 is 3.00 bits per heavy atom. The second-order valence-corrected chi connectivity index (χ2v) is 5.32. The molecule has 0 aliphatic carbocycles. The predicted octanol–water partition coefficient (Wildman–Crippen LogP) is 2.05. The zero-order valence-electron chi connectivity index (χ0n) is 9.51. The third-order valence-electron chi connectivity index (χ3n) is 2.93. The van der Waals surface area contributed by atoms with E-state index in [4.69, 9.17) is 10.8 Å². The van der Waals surface area contributed by atoms with Gasteiger partial charge in [-0.15, -0.1) is 0 Å². The van der Waals surface area contributed by atoms with E-state index in [9.17, 15) is 4.79 Å². The average molecular weight is 250 g/mol. The van der Waals surface area contributed by atoms with Gasteiger partial charge in [-0.3, -0.25) is 4.99 Å². The molecule has 0 saturated heterocycles. The molecule has 0 radical (unpaired) electrons. The number of carbonyl (C=O) groups is 1. The topological polar surface area (TPSA) is 75.7 Å². The lowest BCUT2D eigenvalue weighted by Gasteiger charge is -2.29. The number of benzene rings is 1. The molecule has 1 unspecified atom stereocenters. The van der Waals surface area contributed by atoms with Crippen molar-refractivity contribution in [1.82, 2.24) is 0 Å². The average Bonchev–Trinajstić information content (AvgIpc) is 2.29. The van der Waals surface area contributed by atoms with E-state index in [1.807, 2.05) is 13.0 Å². The van der Waals surface area contributed by atoms with Gasteiger partial charge in [0.25, 0.3) is 0 Å². The molecule has 1 aliphatic rings. The number of amidine groups is 1. The Bertz CT molecular complexity index is 487. The fourth-order valence-corrected chi connectivity index (χ4v) is 2.86. The van der Waals surface area contributed by atoms with Gasteiger partial charge < -0.3 is 10.8 Å². The zero-order valence-corrected chi connectivity index (χ0v) is 10.3. The van der Waals surface area contributed by atoms with Crippen LogP contribution in [0.1, 0.15) is 29.3 Å². The van der Waals surface area contributed by atoms with Crippen LogP contribution in [-0.4, -0.2) is 22.0 Å². The number of carboxylic acids is 1. The molecule has 0 bridgehead atoms. The van der Waals surface area contributed by atoms with Gasteiger partial charge in [-0.1, -0.05) is 23.9 Å². The highest BCUT2D eigenvalue weighted by Crippen LogP contribution is 2.35. The number of aliphatic imine (C=N–C) groups is 1. The van der Waals surface area contributed by atoms with E-state index in [-0.39, 0.29) is 5.56 Å². The lowest BCUT2D eigenvalue weighted by atomic mass is 9.89. The quantitative estimate of drug-likeness (QED) is 0.842. The molecule has 2 rings (SSSR count). The Kier molecular flexibility index (Phi) is 3.11. The van der Waals surface area contributed by atoms with Crippen LogP contribution in [-0.2, 0) is 5.54 Å². The van der Waals surface area contributed by atoms with Gasteiger partial charge in [-0.25, -0.2) is 4.79 Å². The summed E-state index contributed by atoms with van der Waals surface area (Å²) in [5, 5.41) is 9.55. The van der Waals surface area contributed by atoms with Gasteiger partial charge in [0.05, 0.1) is 11.1 Å². The maximum atomic E-state index is 10.9. The molecule has 1 aromatic rings. The third-order valence-corrected chi connectivity index (χ3v) is 3.72. The minimum atomic E-state index is -0.919. The van der Waals surface area contributed by atoms with Crippen molar-refractivity contribution in [2.24, 2.45) is 10.7 Å². The summed E-state index contributed by atoms with van der Waals surface area (Å²) in [5.41, 5.74) is 6.53. The first-order valence-corrected chi connectivity index (χ1v) is 6.32. The van der Waals surface area contributed by atoms with Crippen molar-refractivity contribution in [2.45, 2.75) is 18.9 Å². The lowest BCUT2D eigenvalue weighted by Crippen LogP contribution is -2.28. The van der Waals surface area contributed by atoms with Gasteiger partial charge in [0.1, 0.15) is 0 Å². The fraction of sp³-hybridized carbons (Fsp3) is 0.333. The normalized spacial score (nSPS) is 24.2. The molecule has 5 heteroatoms. The Hall–Kier alpha value is -1.49. The van der Waals surface area contributed by atoms with Crippen molar-refractivity contribution in [2.75, 3.05) is 5.75 Å². The largest absolute Gasteiger partial charge is 0.478 e. The van der Waals surface area contributed by atoms with Crippen LogP contribution in [0.3, 0.4) is 0 Å². The molecular weight excluding hydrogens is 236 g/mol. The fourth-order valence-electron chi connectivity index (χ4n) is 1.88. The van der Waals surface area contributed by atoms with Gasteiger partial charge in [-0.2, -0.15) is 0 Å². The smallest absolute Gasteiger partial charge is 0.335 e. The minimum Gasteiger partial charge on any atom is -0.478 e. The highest BCUT2D eigenvalue weighted by molar-refractivity contribution is 8.13. The number of rotatable bonds is 2. The second kappa shape index (κ2) is 4.41. The van der Waals surface area contributed by atoms with Crippen molar-refractivity contribution >= 4 is 22.9 Å². The Morgan fingerprint density at radius 1 is 1.59 bits per heavy atom. The predicted molar refractivity (Wildman–Crippen MR) is 69.5 cm³/mol. The molecule has 90 valence electrons. The maximum absolute atomic E-state index is 10.9. The maximum Gasteiger partial charge on any atom is 0.335 e. The van der Waals surface area contributed by atoms with Crippen LogP contribution < -0.4 is 5.73 Å². The Labute approximate surface area is 104 Å². The number of nitrogens with zero attached hydrogens (tertiary/aromatic N) is 1. The SMILES string of the molecule is CC1(c2cccc(C(=O)O)c2)CCSC(N)=N1. The lowest BCUT2D eigenvalue weighted by molar-refractivity contribution is 0.0696. The van der Waals surface area contributed by atoms with Gasteiger partial charge >= 0.3 is 5.97 Å². The molecule has 1 aliphatic heterocycles. The summed E-state index contributed by atoms with van der Waals surface area (Å²) < 4.78 is 0. The van der Waals surface area contributed by atoms with Crippen molar-refractivity contribution in [3.05, 3.63) is 35.4 Å². The summed E-state index contributed by atoms with van der Waals surface area (Å²) in [5.74, 6) is -0.0130. The van der Waals surface area contributed by atoms with Crippen LogP contribution in [0.15, 0.2) is 29.3 Å². The monoisotopic (exact) mass is 250 g/mol. The molecule has 0 amide bonds. The Balaban J connectivity index is 2.42. The molecule has 0 aromatic heterocycles. The molecule has 0 spiro atoms. The van der Waals surface area contributed by atoms with E-state index >= 15 is 0 Å². The van der Waals surface area contributed by atoms with Gasteiger partial charge in [-0.05, 0) is 31.0 Å². The minimum absolute atomic E-state index is 0.288. The zero-order chi connectivity index (χ0) is 12.5. The van der Waals surface area contributed by atoms with Gasteiger partial charge in [0.15, 0.2) is 5.17 Å². The first-order valence-electron chi connectivity index (χ1n) is 5.33. The summed E-state index contributed by atoms with van der Waals surface area (Å²) in [4.78, 5) is 15.4. The number of hydrogen-bond donors (Lipinski definition) is 2. The van der Waals surface area contributed by atoms with Crippen LogP contribution in [0, 0.1) is 0 Å². The third kappa shape index (κ3) is 2.44. The molecule has 1 atom stereocenters. The number of carboxylic acid groups (broad SMARTS) is 1. The van der Waals surface area contributed by atoms with E-state index in [1.54, 1.807) is 18.2 Å². The standard InChI is InChI=1S/C12H14N2O2S/c1-12(5-6-17-11(13)14-12)9-4-2-3-8(7-9)10(15)16/h2-4,7H,5-6H2,1H3,(H2,13,14)(H,15,16). The van der Waals surface area contributed by atoms with Gasteiger partial charge in [0, 0.05) is 5.75 Å². The van der Waals surface area contributed by atoms with Crippen LogP contribution in [0.2, 0.25) is 0 Å². The second-order valence-electron chi connectivity index (χ2n) is 4.21. The van der Waals surface area contributed by atoms with E-state index in [1.165, 1.54) is 11.8 Å². The van der Waals surface area contributed by atoms with Crippen molar-refractivity contribution in [3.63, 3.8) is 0 Å². The van der Waals surface area contributed by atoms with Crippen molar-refractivity contribution < 1.29 is 9.90 Å². The van der Waals surface area contributed by atoms with Crippen LogP contribution in [0.4, 0.5) is 0 Å². The van der Waals surface area contributed by atoms with Crippen LogP contribution in [0.25, 0.3) is 0 Å². The number of nitrogens with two attached hydrogens (primary N) is 1. The molecule has 3 N–H and O–H groups in total.